The van der Waals surface area contributed by atoms with Crippen LogP contribution < -0.4 is 11.1 Å². The Labute approximate surface area is 123 Å². The lowest BCUT2D eigenvalue weighted by molar-refractivity contribution is 0.626. The summed E-state index contributed by atoms with van der Waals surface area (Å²) in [6.45, 7) is 2.77. The lowest BCUT2D eigenvalue weighted by Gasteiger charge is -2.09. The summed E-state index contributed by atoms with van der Waals surface area (Å²) in [5, 5.41) is 3.18. The molecule has 0 atom stereocenters. The number of hydrogen-bond donors (Lipinski definition) is 2. The first-order chi connectivity index (χ1) is 9.60. The fourth-order valence-corrected chi connectivity index (χ4v) is 2.09. The van der Waals surface area contributed by atoms with Gasteiger partial charge in [0.05, 0.1) is 0 Å². The molecule has 0 amide bonds. The van der Waals surface area contributed by atoms with Crippen molar-refractivity contribution in [2.75, 3.05) is 5.32 Å². The van der Waals surface area contributed by atoms with Crippen molar-refractivity contribution in [3.8, 4) is 0 Å². The summed E-state index contributed by atoms with van der Waals surface area (Å²) in [5.41, 5.74) is 8.87. The van der Waals surface area contributed by atoms with E-state index in [1.165, 1.54) is 11.6 Å². The summed E-state index contributed by atoms with van der Waals surface area (Å²) in [6.07, 6.45) is 1.03. The van der Waals surface area contributed by atoms with Crippen molar-refractivity contribution in [2.45, 2.75) is 19.9 Å². The number of hydrogen-bond acceptors (Lipinski definition) is 2. The van der Waals surface area contributed by atoms with Gasteiger partial charge in [0.1, 0.15) is 10.8 Å². The molecule has 104 valence electrons. The second kappa shape index (κ2) is 6.48. The minimum Gasteiger partial charge on any atom is -0.389 e. The summed E-state index contributed by atoms with van der Waals surface area (Å²) in [6, 6.07) is 13.1. The number of benzene rings is 2. The zero-order chi connectivity index (χ0) is 14.5. The molecule has 0 bridgehead atoms. The molecule has 0 radical (unpaired) electrons. The minimum absolute atomic E-state index is 0.0733. The van der Waals surface area contributed by atoms with E-state index >= 15 is 0 Å². The number of halogens is 1. The average molecular weight is 288 g/mol. The first-order valence-corrected chi connectivity index (χ1v) is 6.92. The lowest BCUT2D eigenvalue weighted by Crippen LogP contribution is -2.12. The maximum Gasteiger partial charge on any atom is 0.135 e. The fourth-order valence-electron chi connectivity index (χ4n) is 1.92. The molecular weight excluding hydrogens is 271 g/mol. The molecule has 3 N–H and O–H groups in total. The molecular formula is C16H17FN2S. The second-order valence-electron chi connectivity index (χ2n) is 4.58. The Morgan fingerprint density at radius 1 is 1.15 bits per heavy atom. The van der Waals surface area contributed by atoms with Gasteiger partial charge >= 0.3 is 0 Å². The van der Waals surface area contributed by atoms with Crippen LogP contribution in [0.3, 0.4) is 0 Å². The van der Waals surface area contributed by atoms with Gasteiger partial charge in [0.2, 0.25) is 0 Å². The lowest BCUT2D eigenvalue weighted by atomic mass is 10.1. The van der Waals surface area contributed by atoms with Gasteiger partial charge in [-0.1, -0.05) is 43.4 Å². The van der Waals surface area contributed by atoms with Crippen molar-refractivity contribution in [2.24, 2.45) is 5.73 Å². The van der Waals surface area contributed by atoms with Crippen LogP contribution in [0, 0.1) is 5.82 Å². The number of anilines is 1. The molecule has 0 aliphatic rings. The summed E-state index contributed by atoms with van der Waals surface area (Å²) in [5.74, 6) is -0.399. The molecule has 2 aromatic carbocycles. The Bertz CT molecular complexity index is 608. The van der Waals surface area contributed by atoms with E-state index in [0.717, 1.165) is 12.0 Å². The van der Waals surface area contributed by atoms with Crippen LogP contribution in [0.2, 0.25) is 0 Å². The van der Waals surface area contributed by atoms with E-state index in [2.05, 4.69) is 36.5 Å². The van der Waals surface area contributed by atoms with Gasteiger partial charge in [0.25, 0.3) is 0 Å². The zero-order valence-corrected chi connectivity index (χ0v) is 12.1. The standard InChI is InChI=1S/C16H17FN2S/c1-2-11-3-5-12(6-4-11)10-19-13-7-8-14(16(18)20)15(17)9-13/h3-9,19H,2,10H2,1H3,(H2,18,20). The molecule has 0 unspecified atom stereocenters. The smallest absolute Gasteiger partial charge is 0.135 e. The van der Waals surface area contributed by atoms with Gasteiger partial charge in [-0.05, 0) is 35.7 Å². The van der Waals surface area contributed by atoms with Gasteiger partial charge in [-0.2, -0.15) is 0 Å². The van der Waals surface area contributed by atoms with Crippen LogP contribution in [0.25, 0.3) is 0 Å². The normalized spacial score (nSPS) is 10.3. The van der Waals surface area contributed by atoms with Gasteiger partial charge in [0.15, 0.2) is 0 Å². The number of aryl methyl sites for hydroxylation is 1. The van der Waals surface area contributed by atoms with E-state index in [4.69, 9.17) is 18.0 Å². The molecule has 0 aliphatic carbocycles. The topological polar surface area (TPSA) is 38.0 Å². The second-order valence-corrected chi connectivity index (χ2v) is 5.02. The van der Waals surface area contributed by atoms with Gasteiger partial charge < -0.3 is 11.1 Å². The molecule has 2 nitrogen and oxygen atoms in total. The van der Waals surface area contributed by atoms with Crippen molar-refractivity contribution >= 4 is 22.9 Å². The van der Waals surface area contributed by atoms with Crippen molar-refractivity contribution in [3.63, 3.8) is 0 Å². The largest absolute Gasteiger partial charge is 0.389 e. The number of rotatable bonds is 5. The summed E-state index contributed by atoms with van der Waals surface area (Å²) in [7, 11) is 0. The quantitative estimate of drug-likeness (QED) is 0.825. The van der Waals surface area contributed by atoms with Crippen LogP contribution >= 0.6 is 12.2 Å². The molecule has 4 heteroatoms. The summed E-state index contributed by atoms with van der Waals surface area (Å²) >= 11 is 4.78. The Kier molecular flexibility index (Phi) is 4.69. The predicted octanol–water partition coefficient (Wildman–Crippen LogP) is 3.63. The van der Waals surface area contributed by atoms with Gasteiger partial charge in [-0.25, -0.2) is 4.39 Å². The van der Waals surface area contributed by atoms with E-state index in [0.29, 0.717) is 12.2 Å². The van der Waals surface area contributed by atoms with Gasteiger partial charge in [-0.3, -0.25) is 0 Å². The SMILES string of the molecule is CCc1ccc(CNc2ccc(C(N)=S)c(F)c2)cc1. The van der Waals surface area contributed by atoms with Crippen LogP contribution in [0.1, 0.15) is 23.6 Å². The molecule has 2 rings (SSSR count). The molecule has 0 aromatic heterocycles. The Balaban J connectivity index is 2.03. The van der Waals surface area contributed by atoms with E-state index in [1.54, 1.807) is 12.1 Å². The van der Waals surface area contributed by atoms with Crippen LogP contribution in [0.4, 0.5) is 10.1 Å². The highest BCUT2D eigenvalue weighted by molar-refractivity contribution is 7.80. The highest BCUT2D eigenvalue weighted by atomic mass is 32.1. The van der Waals surface area contributed by atoms with Crippen LogP contribution in [-0.4, -0.2) is 4.99 Å². The third-order valence-corrected chi connectivity index (χ3v) is 3.38. The molecule has 20 heavy (non-hydrogen) atoms. The maximum absolute atomic E-state index is 13.7. The molecule has 0 fully saturated rings. The number of nitrogens with two attached hydrogens (primary N) is 1. The maximum atomic E-state index is 13.7. The van der Waals surface area contributed by atoms with Crippen molar-refractivity contribution in [3.05, 3.63) is 65.0 Å². The number of nitrogens with one attached hydrogen (secondary N) is 1. The van der Waals surface area contributed by atoms with E-state index < -0.39 is 5.82 Å². The predicted molar refractivity (Wildman–Crippen MR) is 85.4 cm³/mol. The Morgan fingerprint density at radius 3 is 2.35 bits per heavy atom. The average Bonchev–Trinajstić information content (AvgIpc) is 2.45. The van der Waals surface area contributed by atoms with Crippen molar-refractivity contribution < 1.29 is 4.39 Å². The van der Waals surface area contributed by atoms with Crippen LogP contribution in [0.15, 0.2) is 42.5 Å². The minimum atomic E-state index is -0.399. The van der Waals surface area contributed by atoms with Crippen molar-refractivity contribution in [1.29, 1.82) is 0 Å². The summed E-state index contributed by atoms with van der Waals surface area (Å²) in [4.78, 5) is 0.0733. The van der Waals surface area contributed by atoms with Gasteiger partial charge in [-0.15, -0.1) is 0 Å². The first kappa shape index (κ1) is 14.5. The Morgan fingerprint density at radius 2 is 1.80 bits per heavy atom. The molecule has 0 saturated heterocycles. The highest BCUT2D eigenvalue weighted by Crippen LogP contribution is 2.16. The highest BCUT2D eigenvalue weighted by Gasteiger charge is 2.05. The molecule has 0 spiro atoms. The van der Waals surface area contributed by atoms with E-state index in [1.807, 2.05) is 0 Å². The fraction of sp³-hybridized carbons (Fsp3) is 0.188. The summed E-state index contributed by atoms with van der Waals surface area (Å²) < 4.78 is 13.7. The first-order valence-electron chi connectivity index (χ1n) is 6.51. The molecule has 0 heterocycles. The molecule has 0 saturated carbocycles. The van der Waals surface area contributed by atoms with E-state index in [-0.39, 0.29) is 10.6 Å². The van der Waals surface area contributed by atoms with Crippen molar-refractivity contribution in [1.82, 2.24) is 0 Å². The van der Waals surface area contributed by atoms with Crippen LogP contribution in [-0.2, 0) is 13.0 Å². The third kappa shape index (κ3) is 3.54. The Hall–Kier alpha value is -1.94. The van der Waals surface area contributed by atoms with Gasteiger partial charge in [0, 0.05) is 17.8 Å². The van der Waals surface area contributed by atoms with E-state index in [9.17, 15) is 4.39 Å². The third-order valence-electron chi connectivity index (χ3n) is 3.16. The zero-order valence-electron chi connectivity index (χ0n) is 11.3. The molecule has 2 aromatic rings. The number of thiocarbonyl (C=S) groups is 1. The molecule has 0 aliphatic heterocycles. The van der Waals surface area contributed by atoms with Crippen LogP contribution in [0.5, 0.6) is 0 Å². The monoisotopic (exact) mass is 288 g/mol.